The standard InChI is InChI=1S/C18H15N3O5/c1-24-12-6-14-13(25-7-26-14)5-10(12)11-4-9(8-2-3-8)15-16(19-11)17(22)21-18(23)20-15/h4-6,8H,2-3,7H2,1H3,(H2,20,21,22,23). The van der Waals surface area contributed by atoms with Gasteiger partial charge in [-0.2, -0.15) is 0 Å². The molecule has 1 aliphatic heterocycles. The first-order valence-electron chi connectivity index (χ1n) is 8.29. The number of aromatic amines is 2. The van der Waals surface area contributed by atoms with Gasteiger partial charge in [-0.05, 0) is 36.5 Å². The maximum absolute atomic E-state index is 12.3. The molecule has 2 N–H and O–H groups in total. The maximum Gasteiger partial charge on any atom is 0.326 e. The Hall–Kier alpha value is -3.29. The van der Waals surface area contributed by atoms with Gasteiger partial charge in [0.25, 0.3) is 5.56 Å². The van der Waals surface area contributed by atoms with Crippen molar-refractivity contribution in [2.75, 3.05) is 13.9 Å². The first kappa shape index (κ1) is 15.0. The van der Waals surface area contributed by atoms with Crippen LogP contribution in [0.2, 0.25) is 0 Å². The molecule has 5 rings (SSSR count). The third-order valence-corrected chi connectivity index (χ3v) is 4.72. The molecule has 8 heteroatoms. The minimum Gasteiger partial charge on any atom is -0.496 e. The smallest absolute Gasteiger partial charge is 0.326 e. The monoisotopic (exact) mass is 353 g/mol. The minimum absolute atomic E-state index is 0.154. The predicted molar refractivity (Wildman–Crippen MR) is 93.1 cm³/mol. The number of rotatable bonds is 3. The summed E-state index contributed by atoms with van der Waals surface area (Å²) in [6.07, 6.45) is 2.04. The number of hydrogen-bond donors (Lipinski definition) is 2. The van der Waals surface area contributed by atoms with Gasteiger partial charge >= 0.3 is 5.69 Å². The van der Waals surface area contributed by atoms with Crippen LogP contribution in [0.4, 0.5) is 0 Å². The van der Waals surface area contributed by atoms with Gasteiger partial charge in [0.2, 0.25) is 6.79 Å². The number of H-pyrrole nitrogens is 2. The molecule has 0 radical (unpaired) electrons. The predicted octanol–water partition coefficient (Wildman–Crippen LogP) is 1.89. The fourth-order valence-corrected chi connectivity index (χ4v) is 3.31. The molecule has 26 heavy (non-hydrogen) atoms. The van der Waals surface area contributed by atoms with Crippen molar-refractivity contribution >= 4 is 11.0 Å². The summed E-state index contributed by atoms with van der Waals surface area (Å²) in [5.74, 6) is 2.10. The minimum atomic E-state index is -0.528. The van der Waals surface area contributed by atoms with E-state index in [1.165, 1.54) is 0 Å². The highest BCUT2D eigenvalue weighted by molar-refractivity contribution is 5.83. The number of methoxy groups -OCH3 is 1. The summed E-state index contributed by atoms with van der Waals surface area (Å²) in [7, 11) is 1.56. The van der Waals surface area contributed by atoms with Crippen LogP contribution in [0.1, 0.15) is 24.3 Å². The van der Waals surface area contributed by atoms with Gasteiger partial charge in [0, 0.05) is 11.6 Å². The summed E-state index contributed by atoms with van der Waals surface area (Å²) in [5, 5.41) is 0. The largest absolute Gasteiger partial charge is 0.496 e. The Morgan fingerprint density at radius 3 is 2.62 bits per heavy atom. The first-order valence-corrected chi connectivity index (χ1v) is 8.29. The second kappa shape index (κ2) is 5.35. The Kier molecular flexibility index (Phi) is 3.09. The molecule has 0 amide bonds. The molecular formula is C18H15N3O5. The van der Waals surface area contributed by atoms with Gasteiger partial charge in [0.1, 0.15) is 5.75 Å². The number of nitrogens with one attached hydrogen (secondary N) is 2. The molecule has 3 aromatic rings. The highest BCUT2D eigenvalue weighted by Gasteiger charge is 2.28. The number of nitrogens with zero attached hydrogens (tertiary/aromatic N) is 1. The highest BCUT2D eigenvalue weighted by atomic mass is 16.7. The van der Waals surface area contributed by atoms with Gasteiger partial charge in [-0.15, -0.1) is 0 Å². The van der Waals surface area contributed by atoms with Crippen LogP contribution < -0.4 is 25.5 Å². The Bertz CT molecular complexity index is 1160. The lowest BCUT2D eigenvalue weighted by atomic mass is 10.0. The van der Waals surface area contributed by atoms with E-state index >= 15 is 0 Å². The average molecular weight is 353 g/mol. The normalized spacial score (nSPS) is 15.4. The van der Waals surface area contributed by atoms with E-state index in [0.717, 1.165) is 18.4 Å². The summed E-state index contributed by atoms with van der Waals surface area (Å²) in [4.78, 5) is 33.5. The second-order valence-electron chi connectivity index (χ2n) is 6.41. The summed E-state index contributed by atoms with van der Waals surface area (Å²) in [5.41, 5.74) is 1.89. The molecule has 0 unspecified atom stereocenters. The molecule has 2 aliphatic rings. The molecule has 0 saturated heterocycles. The van der Waals surface area contributed by atoms with Crippen LogP contribution in [-0.4, -0.2) is 28.9 Å². The number of fused-ring (bicyclic) bond motifs is 2. The lowest BCUT2D eigenvalue weighted by Crippen LogP contribution is -2.23. The number of hydrogen-bond acceptors (Lipinski definition) is 6. The van der Waals surface area contributed by atoms with E-state index in [-0.39, 0.29) is 12.3 Å². The third-order valence-electron chi connectivity index (χ3n) is 4.72. The zero-order chi connectivity index (χ0) is 17.8. The Balaban J connectivity index is 1.81. The third kappa shape index (κ3) is 2.26. The molecule has 1 aliphatic carbocycles. The molecule has 1 fully saturated rings. The van der Waals surface area contributed by atoms with E-state index in [2.05, 4.69) is 15.0 Å². The van der Waals surface area contributed by atoms with Crippen molar-refractivity contribution in [3.63, 3.8) is 0 Å². The van der Waals surface area contributed by atoms with E-state index in [1.54, 1.807) is 19.2 Å². The topological polar surface area (TPSA) is 106 Å². The Morgan fingerprint density at radius 1 is 1.12 bits per heavy atom. The summed E-state index contributed by atoms with van der Waals surface area (Å²) >= 11 is 0. The first-order chi connectivity index (χ1) is 12.6. The van der Waals surface area contributed by atoms with Crippen molar-refractivity contribution in [1.29, 1.82) is 0 Å². The number of ether oxygens (including phenoxy) is 3. The van der Waals surface area contributed by atoms with Crippen LogP contribution in [0.5, 0.6) is 17.2 Å². The summed E-state index contributed by atoms with van der Waals surface area (Å²) in [6.45, 7) is 0.154. The number of pyridine rings is 1. The highest BCUT2D eigenvalue weighted by Crippen LogP contribution is 2.46. The lowest BCUT2D eigenvalue weighted by Gasteiger charge is -2.12. The molecule has 0 atom stereocenters. The Morgan fingerprint density at radius 2 is 1.88 bits per heavy atom. The quantitative estimate of drug-likeness (QED) is 0.745. The van der Waals surface area contributed by atoms with E-state index in [4.69, 9.17) is 14.2 Å². The molecule has 0 bridgehead atoms. The van der Waals surface area contributed by atoms with Gasteiger partial charge in [0.05, 0.1) is 18.3 Å². The van der Waals surface area contributed by atoms with E-state index in [1.807, 2.05) is 6.07 Å². The molecule has 8 nitrogen and oxygen atoms in total. The van der Waals surface area contributed by atoms with Gasteiger partial charge in [0.15, 0.2) is 17.0 Å². The molecule has 3 heterocycles. The van der Waals surface area contributed by atoms with Crippen LogP contribution in [0, 0.1) is 0 Å². The van der Waals surface area contributed by atoms with Crippen LogP contribution in [0.25, 0.3) is 22.3 Å². The summed E-state index contributed by atoms with van der Waals surface area (Å²) in [6, 6.07) is 5.46. The van der Waals surface area contributed by atoms with Crippen molar-refractivity contribution in [3.8, 4) is 28.5 Å². The van der Waals surface area contributed by atoms with Crippen molar-refractivity contribution in [3.05, 3.63) is 44.6 Å². The molecule has 0 spiro atoms. The molecule has 132 valence electrons. The fourth-order valence-electron chi connectivity index (χ4n) is 3.31. The van der Waals surface area contributed by atoms with Crippen molar-refractivity contribution in [2.24, 2.45) is 0 Å². The van der Waals surface area contributed by atoms with Gasteiger partial charge in [-0.25, -0.2) is 9.78 Å². The van der Waals surface area contributed by atoms with Crippen molar-refractivity contribution < 1.29 is 14.2 Å². The van der Waals surface area contributed by atoms with Crippen LogP contribution in [0.15, 0.2) is 27.8 Å². The van der Waals surface area contributed by atoms with Crippen molar-refractivity contribution in [1.82, 2.24) is 15.0 Å². The second-order valence-corrected chi connectivity index (χ2v) is 6.41. The average Bonchev–Trinajstić information content (AvgIpc) is 3.37. The molecule has 1 saturated carbocycles. The van der Waals surface area contributed by atoms with E-state index in [0.29, 0.717) is 39.9 Å². The van der Waals surface area contributed by atoms with E-state index < -0.39 is 11.2 Å². The van der Waals surface area contributed by atoms with Crippen LogP contribution in [0.3, 0.4) is 0 Å². The molecule has 1 aromatic carbocycles. The maximum atomic E-state index is 12.3. The lowest BCUT2D eigenvalue weighted by molar-refractivity contribution is 0.174. The van der Waals surface area contributed by atoms with E-state index in [9.17, 15) is 9.59 Å². The zero-order valence-corrected chi connectivity index (χ0v) is 13.9. The molecular weight excluding hydrogens is 338 g/mol. The van der Waals surface area contributed by atoms with Gasteiger partial charge in [-0.1, -0.05) is 0 Å². The van der Waals surface area contributed by atoms with Crippen molar-refractivity contribution in [2.45, 2.75) is 18.8 Å². The van der Waals surface area contributed by atoms with Gasteiger partial charge < -0.3 is 19.2 Å². The fraction of sp³-hybridized carbons (Fsp3) is 0.278. The van der Waals surface area contributed by atoms with Crippen LogP contribution >= 0.6 is 0 Å². The number of benzene rings is 1. The Labute approximate surface area is 146 Å². The van der Waals surface area contributed by atoms with Crippen LogP contribution in [-0.2, 0) is 0 Å². The SMILES string of the molecule is COc1cc2c(cc1-c1cc(C3CC3)c3[nH]c(=O)[nH]c(=O)c3n1)OCO2. The molecule has 2 aromatic heterocycles. The number of aromatic nitrogens is 3. The van der Waals surface area contributed by atoms with Gasteiger partial charge in [-0.3, -0.25) is 9.78 Å². The summed E-state index contributed by atoms with van der Waals surface area (Å²) < 4.78 is 16.3. The zero-order valence-electron chi connectivity index (χ0n) is 13.9.